The van der Waals surface area contributed by atoms with E-state index in [0.29, 0.717) is 21.9 Å². The van der Waals surface area contributed by atoms with Gasteiger partial charge in [0.25, 0.3) is 5.91 Å². The zero-order valence-electron chi connectivity index (χ0n) is 17.4. The molecule has 0 aliphatic carbocycles. The van der Waals surface area contributed by atoms with Crippen LogP contribution in [0.3, 0.4) is 0 Å². The summed E-state index contributed by atoms with van der Waals surface area (Å²) in [5.41, 5.74) is 2.34. The van der Waals surface area contributed by atoms with Crippen molar-refractivity contribution in [3.63, 3.8) is 0 Å². The van der Waals surface area contributed by atoms with E-state index < -0.39 is 5.91 Å². The highest BCUT2D eigenvalue weighted by Gasteiger charge is 2.14. The van der Waals surface area contributed by atoms with E-state index in [9.17, 15) is 9.59 Å². The summed E-state index contributed by atoms with van der Waals surface area (Å²) < 4.78 is 18.2. The number of aromatic nitrogens is 1. The van der Waals surface area contributed by atoms with Gasteiger partial charge < -0.3 is 18.8 Å². The average molecular weight is 429 g/mol. The van der Waals surface area contributed by atoms with Crippen LogP contribution in [0.25, 0.3) is 10.2 Å². The number of carbonyl (C=O) groups excluding carboxylic acids is 2. The van der Waals surface area contributed by atoms with E-state index in [-0.39, 0.29) is 19.1 Å². The van der Waals surface area contributed by atoms with E-state index in [1.807, 2.05) is 12.1 Å². The maximum Gasteiger partial charge on any atom is 0.326 e. The lowest BCUT2D eigenvalue weighted by Gasteiger charge is -2.07. The molecule has 8 heteroatoms. The number of benzene rings is 2. The standard InChI is InChI=1S/C22H24N2O5S/c1-5-14-7-8-18-19(9-14)30-22(24(18)13-20(25)29-6-2)23-21(26)15-10-16(27-3)12-17(11-15)28-4/h7-12H,5-6,13H2,1-4H3. The fourth-order valence-electron chi connectivity index (χ4n) is 2.99. The van der Waals surface area contributed by atoms with E-state index in [1.165, 1.54) is 31.1 Å². The molecule has 0 bridgehead atoms. The van der Waals surface area contributed by atoms with Crippen molar-refractivity contribution < 1.29 is 23.8 Å². The Morgan fingerprint density at radius 2 is 1.73 bits per heavy atom. The molecule has 0 N–H and O–H groups in total. The molecule has 0 spiro atoms. The van der Waals surface area contributed by atoms with Crippen LogP contribution < -0.4 is 14.3 Å². The van der Waals surface area contributed by atoms with E-state index >= 15 is 0 Å². The molecule has 0 saturated heterocycles. The summed E-state index contributed by atoms with van der Waals surface area (Å²) in [5.74, 6) is 0.160. The first kappa shape index (κ1) is 21.6. The van der Waals surface area contributed by atoms with Gasteiger partial charge in [0, 0.05) is 11.6 Å². The van der Waals surface area contributed by atoms with Gasteiger partial charge in [-0.2, -0.15) is 4.99 Å². The Bertz CT molecular complexity index is 1120. The Morgan fingerprint density at radius 1 is 1.03 bits per heavy atom. The Balaban J connectivity index is 2.12. The van der Waals surface area contributed by atoms with Crippen molar-refractivity contribution in [2.24, 2.45) is 4.99 Å². The molecule has 1 amide bonds. The number of fused-ring (bicyclic) bond motifs is 1. The second-order valence-electron chi connectivity index (χ2n) is 6.45. The quantitative estimate of drug-likeness (QED) is 0.538. The van der Waals surface area contributed by atoms with Crippen LogP contribution in [0.5, 0.6) is 11.5 Å². The minimum atomic E-state index is -0.452. The first-order valence-corrected chi connectivity index (χ1v) is 10.4. The number of rotatable bonds is 7. The highest BCUT2D eigenvalue weighted by atomic mass is 32.1. The number of thiazole rings is 1. The van der Waals surface area contributed by atoms with Crippen molar-refractivity contribution in [2.75, 3.05) is 20.8 Å². The van der Waals surface area contributed by atoms with Crippen LogP contribution in [0.2, 0.25) is 0 Å². The Labute approximate surface area is 178 Å². The van der Waals surface area contributed by atoms with Gasteiger partial charge in [-0.3, -0.25) is 9.59 Å². The largest absolute Gasteiger partial charge is 0.497 e. The molecule has 1 aromatic heterocycles. The van der Waals surface area contributed by atoms with Gasteiger partial charge in [0.05, 0.1) is 31.0 Å². The Morgan fingerprint density at radius 3 is 2.33 bits per heavy atom. The van der Waals surface area contributed by atoms with Gasteiger partial charge in [-0.05, 0) is 43.2 Å². The van der Waals surface area contributed by atoms with Crippen LogP contribution in [0, 0.1) is 0 Å². The van der Waals surface area contributed by atoms with Gasteiger partial charge in [0.2, 0.25) is 0 Å². The van der Waals surface area contributed by atoms with Crippen LogP contribution >= 0.6 is 11.3 Å². The molecule has 3 rings (SSSR count). The summed E-state index contributed by atoms with van der Waals surface area (Å²) in [6.07, 6.45) is 0.890. The zero-order valence-corrected chi connectivity index (χ0v) is 18.2. The first-order chi connectivity index (χ1) is 14.5. The number of aryl methyl sites for hydroxylation is 1. The minimum Gasteiger partial charge on any atom is -0.497 e. The summed E-state index contributed by atoms with van der Waals surface area (Å²) in [4.78, 5) is 29.8. The lowest BCUT2D eigenvalue weighted by atomic mass is 10.2. The van der Waals surface area contributed by atoms with E-state index in [4.69, 9.17) is 14.2 Å². The number of ether oxygens (including phenoxy) is 3. The SMILES string of the molecule is CCOC(=O)Cn1c(=NC(=O)c2cc(OC)cc(OC)c2)sc2cc(CC)ccc21. The van der Waals surface area contributed by atoms with Crippen molar-refractivity contribution in [1.82, 2.24) is 4.57 Å². The van der Waals surface area contributed by atoms with Crippen molar-refractivity contribution in [3.8, 4) is 11.5 Å². The number of hydrogen-bond donors (Lipinski definition) is 0. The molecule has 0 aliphatic heterocycles. The predicted octanol–water partition coefficient (Wildman–Crippen LogP) is 3.59. The molecule has 3 aromatic rings. The van der Waals surface area contributed by atoms with E-state index in [2.05, 4.69) is 18.0 Å². The van der Waals surface area contributed by atoms with Crippen molar-refractivity contribution in [2.45, 2.75) is 26.8 Å². The molecule has 1 heterocycles. The molecule has 158 valence electrons. The molecular weight excluding hydrogens is 404 g/mol. The smallest absolute Gasteiger partial charge is 0.326 e. The summed E-state index contributed by atoms with van der Waals surface area (Å²) >= 11 is 1.36. The topological polar surface area (TPSA) is 79.1 Å². The molecule has 7 nitrogen and oxygen atoms in total. The number of hydrogen-bond acceptors (Lipinski definition) is 6. The van der Waals surface area contributed by atoms with Crippen LogP contribution in [-0.2, 0) is 22.5 Å². The van der Waals surface area contributed by atoms with Crippen molar-refractivity contribution >= 4 is 33.4 Å². The average Bonchev–Trinajstić information content (AvgIpc) is 3.09. The van der Waals surface area contributed by atoms with Gasteiger partial charge in [0.15, 0.2) is 4.80 Å². The number of carbonyl (C=O) groups is 2. The maximum absolute atomic E-state index is 12.9. The molecule has 30 heavy (non-hydrogen) atoms. The normalized spacial score (nSPS) is 11.5. The third kappa shape index (κ3) is 4.71. The number of nitrogens with zero attached hydrogens (tertiary/aromatic N) is 2. The molecule has 0 atom stereocenters. The maximum atomic E-state index is 12.9. The monoisotopic (exact) mass is 428 g/mol. The van der Waals surface area contributed by atoms with Crippen LogP contribution in [0.1, 0.15) is 29.8 Å². The van der Waals surface area contributed by atoms with Gasteiger partial charge in [0.1, 0.15) is 18.0 Å². The van der Waals surface area contributed by atoms with Crippen LogP contribution in [-0.4, -0.2) is 37.3 Å². The van der Waals surface area contributed by atoms with Gasteiger partial charge in [-0.25, -0.2) is 0 Å². The number of amides is 1. The fourth-order valence-corrected chi connectivity index (χ4v) is 4.09. The highest BCUT2D eigenvalue weighted by molar-refractivity contribution is 7.16. The number of esters is 1. The second-order valence-corrected chi connectivity index (χ2v) is 7.46. The molecule has 0 fully saturated rings. The highest BCUT2D eigenvalue weighted by Crippen LogP contribution is 2.23. The number of methoxy groups -OCH3 is 2. The summed E-state index contributed by atoms with van der Waals surface area (Å²) in [6.45, 7) is 4.10. The van der Waals surface area contributed by atoms with Gasteiger partial charge >= 0.3 is 5.97 Å². The fraction of sp³-hybridized carbons (Fsp3) is 0.318. The summed E-state index contributed by atoms with van der Waals surface area (Å²) in [6, 6.07) is 10.9. The summed E-state index contributed by atoms with van der Waals surface area (Å²) in [7, 11) is 3.04. The Kier molecular flexibility index (Phi) is 6.89. The van der Waals surface area contributed by atoms with E-state index in [1.54, 1.807) is 29.7 Å². The van der Waals surface area contributed by atoms with Crippen molar-refractivity contribution in [1.29, 1.82) is 0 Å². The van der Waals surface area contributed by atoms with Gasteiger partial charge in [-0.15, -0.1) is 0 Å². The first-order valence-electron chi connectivity index (χ1n) is 9.59. The zero-order chi connectivity index (χ0) is 21.7. The third-order valence-electron chi connectivity index (χ3n) is 4.54. The van der Waals surface area contributed by atoms with Crippen LogP contribution in [0.15, 0.2) is 41.4 Å². The summed E-state index contributed by atoms with van der Waals surface area (Å²) in [5, 5.41) is 0. The third-order valence-corrected chi connectivity index (χ3v) is 5.58. The predicted molar refractivity (Wildman–Crippen MR) is 115 cm³/mol. The lowest BCUT2D eigenvalue weighted by Crippen LogP contribution is -2.23. The second kappa shape index (κ2) is 9.58. The van der Waals surface area contributed by atoms with Crippen LogP contribution in [0.4, 0.5) is 0 Å². The van der Waals surface area contributed by atoms with E-state index in [0.717, 1.165) is 16.6 Å². The molecule has 0 aliphatic rings. The Hall–Kier alpha value is -3.13. The minimum absolute atomic E-state index is 0.0210. The lowest BCUT2D eigenvalue weighted by molar-refractivity contribution is -0.143. The molecule has 2 aromatic carbocycles. The van der Waals surface area contributed by atoms with Crippen molar-refractivity contribution in [3.05, 3.63) is 52.3 Å². The molecular formula is C22H24N2O5S. The molecule has 0 radical (unpaired) electrons. The van der Waals surface area contributed by atoms with Gasteiger partial charge in [-0.1, -0.05) is 24.3 Å². The molecule has 0 unspecified atom stereocenters. The molecule has 0 saturated carbocycles.